The summed E-state index contributed by atoms with van der Waals surface area (Å²) in [7, 11) is 0. The number of ketones is 1. The number of benzene rings is 1. The van der Waals surface area contributed by atoms with Crippen molar-refractivity contribution in [2.45, 2.75) is 6.92 Å². The average Bonchev–Trinajstić information content (AvgIpc) is 2.85. The predicted octanol–water partition coefficient (Wildman–Crippen LogP) is 2.79. The third kappa shape index (κ3) is 1.87. The quantitative estimate of drug-likeness (QED) is 0.712. The molecule has 0 saturated carbocycles. The van der Waals surface area contributed by atoms with Crippen LogP contribution in [0.2, 0.25) is 0 Å². The second-order valence-electron chi connectivity index (χ2n) is 4.41. The smallest absolute Gasteiger partial charge is 0.179 e. The van der Waals surface area contributed by atoms with Gasteiger partial charge in [-0.1, -0.05) is 30.3 Å². The zero-order valence-electron chi connectivity index (χ0n) is 10.5. The Morgan fingerprint density at radius 2 is 1.89 bits per heavy atom. The third-order valence-corrected chi connectivity index (χ3v) is 3.11. The predicted molar refractivity (Wildman–Crippen MR) is 75.0 cm³/mol. The minimum Gasteiger partial charge on any atom is -0.384 e. The van der Waals surface area contributed by atoms with Gasteiger partial charge in [-0.25, -0.2) is 4.98 Å². The Morgan fingerprint density at radius 3 is 2.58 bits per heavy atom. The second-order valence-corrected chi connectivity index (χ2v) is 4.41. The van der Waals surface area contributed by atoms with Crippen molar-refractivity contribution in [1.29, 1.82) is 0 Å². The SMILES string of the molecule is CC(=O)c1cn2c(N)c(-c3ccccc3)ccc2n1. The van der Waals surface area contributed by atoms with Crippen molar-refractivity contribution in [2.75, 3.05) is 5.73 Å². The third-order valence-electron chi connectivity index (χ3n) is 3.11. The summed E-state index contributed by atoms with van der Waals surface area (Å²) < 4.78 is 1.75. The molecule has 19 heavy (non-hydrogen) atoms. The van der Waals surface area contributed by atoms with E-state index in [2.05, 4.69) is 4.98 Å². The normalized spacial score (nSPS) is 10.8. The highest BCUT2D eigenvalue weighted by atomic mass is 16.1. The summed E-state index contributed by atoms with van der Waals surface area (Å²) in [5.74, 6) is 0.521. The number of anilines is 1. The Bertz CT molecular complexity index is 760. The lowest BCUT2D eigenvalue weighted by Gasteiger charge is -2.07. The standard InChI is InChI=1S/C15H13N3O/c1-10(19)13-9-18-14(17-13)8-7-12(15(18)16)11-5-3-2-4-6-11/h2-9H,16H2,1H3. The van der Waals surface area contributed by atoms with Crippen LogP contribution in [-0.2, 0) is 0 Å². The highest BCUT2D eigenvalue weighted by molar-refractivity contribution is 5.93. The van der Waals surface area contributed by atoms with E-state index in [9.17, 15) is 4.79 Å². The number of imidazole rings is 1. The van der Waals surface area contributed by atoms with Gasteiger partial charge in [0, 0.05) is 18.7 Å². The number of hydrogen-bond acceptors (Lipinski definition) is 3. The van der Waals surface area contributed by atoms with Crippen LogP contribution in [0.3, 0.4) is 0 Å². The number of aromatic nitrogens is 2. The lowest BCUT2D eigenvalue weighted by atomic mass is 10.1. The maximum Gasteiger partial charge on any atom is 0.179 e. The number of pyridine rings is 1. The van der Waals surface area contributed by atoms with Crippen molar-refractivity contribution in [3.63, 3.8) is 0 Å². The van der Waals surface area contributed by atoms with Crippen LogP contribution in [0, 0.1) is 0 Å². The molecule has 4 nitrogen and oxygen atoms in total. The first kappa shape index (κ1) is 11.5. The fraction of sp³-hybridized carbons (Fsp3) is 0.0667. The van der Waals surface area contributed by atoms with Gasteiger partial charge >= 0.3 is 0 Å². The number of carbonyl (C=O) groups is 1. The molecule has 0 fully saturated rings. The summed E-state index contributed by atoms with van der Waals surface area (Å²) in [5, 5.41) is 0. The second kappa shape index (κ2) is 4.24. The fourth-order valence-electron chi connectivity index (χ4n) is 2.11. The number of rotatable bonds is 2. The number of fused-ring (bicyclic) bond motifs is 1. The van der Waals surface area contributed by atoms with E-state index in [4.69, 9.17) is 5.73 Å². The summed E-state index contributed by atoms with van der Waals surface area (Å²) in [6, 6.07) is 13.7. The Balaban J connectivity index is 2.24. The average molecular weight is 251 g/mol. The molecule has 0 radical (unpaired) electrons. The number of nitrogen functional groups attached to an aromatic ring is 1. The van der Waals surface area contributed by atoms with Crippen LogP contribution in [0.1, 0.15) is 17.4 Å². The van der Waals surface area contributed by atoms with Crippen LogP contribution in [0.25, 0.3) is 16.8 Å². The van der Waals surface area contributed by atoms with Crippen molar-refractivity contribution in [3.05, 3.63) is 54.4 Å². The van der Waals surface area contributed by atoms with Crippen molar-refractivity contribution in [2.24, 2.45) is 0 Å². The van der Waals surface area contributed by atoms with Gasteiger partial charge in [0.15, 0.2) is 5.78 Å². The van der Waals surface area contributed by atoms with Gasteiger partial charge in [0.1, 0.15) is 17.2 Å². The zero-order valence-corrected chi connectivity index (χ0v) is 10.5. The van der Waals surface area contributed by atoms with E-state index in [0.717, 1.165) is 11.1 Å². The monoisotopic (exact) mass is 251 g/mol. The lowest BCUT2D eigenvalue weighted by Crippen LogP contribution is -1.98. The van der Waals surface area contributed by atoms with Crippen LogP contribution in [0.15, 0.2) is 48.7 Å². The molecule has 1 aromatic carbocycles. The number of nitrogens with zero attached hydrogens (tertiary/aromatic N) is 2. The van der Waals surface area contributed by atoms with E-state index in [-0.39, 0.29) is 5.78 Å². The van der Waals surface area contributed by atoms with E-state index < -0.39 is 0 Å². The Kier molecular flexibility index (Phi) is 2.56. The molecule has 0 bridgehead atoms. The van der Waals surface area contributed by atoms with E-state index in [1.165, 1.54) is 6.92 Å². The molecular formula is C15H13N3O. The Hall–Kier alpha value is -2.62. The summed E-state index contributed by atoms with van der Waals surface area (Å²) in [4.78, 5) is 15.6. The van der Waals surface area contributed by atoms with Crippen LogP contribution in [0.4, 0.5) is 5.82 Å². The number of carbonyl (C=O) groups excluding carboxylic acids is 1. The largest absolute Gasteiger partial charge is 0.384 e. The van der Waals surface area contributed by atoms with Crippen molar-refractivity contribution in [1.82, 2.24) is 9.38 Å². The summed E-state index contributed by atoms with van der Waals surface area (Å²) in [5.41, 5.74) is 9.26. The summed E-state index contributed by atoms with van der Waals surface area (Å²) in [6.07, 6.45) is 1.68. The van der Waals surface area contributed by atoms with Gasteiger partial charge in [0.2, 0.25) is 0 Å². The molecule has 0 spiro atoms. The topological polar surface area (TPSA) is 60.4 Å². The van der Waals surface area contributed by atoms with Crippen LogP contribution in [-0.4, -0.2) is 15.2 Å². The van der Waals surface area contributed by atoms with Gasteiger partial charge in [0.25, 0.3) is 0 Å². The minimum absolute atomic E-state index is 0.0654. The number of hydrogen-bond donors (Lipinski definition) is 1. The molecule has 0 atom stereocenters. The molecule has 2 N–H and O–H groups in total. The lowest BCUT2D eigenvalue weighted by molar-refractivity contribution is 0.101. The molecule has 2 aromatic heterocycles. The molecule has 3 rings (SSSR count). The highest BCUT2D eigenvalue weighted by Crippen LogP contribution is 2.26. The van der Waals surface area contributed by atoms with E-state index in [1.807, 2.05) is 42.5 Å². The van der Waals surface area contributed by atoms with E-state index >= 15 is 0 Å². The molecule has 0 aliphatic heterocycles. The number of nitrogens with two attached hydrogens (primary N) is 1. The summed E-state index contributed by atoms with van der Waals surface area (Å²) >= 11 is 0. The fourth-order valence-corrected chi connectivity index (χ4v) is 2.11. The molecule has 0 amide bonds. The van der Waals surface area contributed by atoms with Crippen molar-refractivity contribution in [3.8, 4) is 11.1 Å². The first-order valence-electron chi connectivity index (χ1n) is 6.01. The highest BCUT2D eigenvalue weighted by Gasteiger charge is 2.11. The van der Waals surface area contributed by atoms with E-state index in [0.29, 0.717) is 17.2 Å². The van der Waals surface area contributed by atoms with Gasteiger partial charge in [-0.3, -0.25) is 9.20 Å². The maximum atomic E-state index is 11.4. The molecule has 2 heterocycles. The van der Waals surface area contributed by atoms with Gasteiger partial charge in [-0.2, -0.15) is 0 Å². The van der Waals surface area contributed by atoms with Gasteiger partial charge in [-0.15, -0.1) is 0 Å². The minimum atomic E-state index is -0.0654. The number of Topliss-reactive ketones (excluding diaryl/α,β-unsaturated/α-hetero) is 1. The van der Waals surface area contributed by atoms with Crippen LogP contribution in [0.5, 0.6) is 0 Å². The van der Waals surface area contributed by atoms with Crippen molar-refractivity contribution >= 4 is 17.2 Å². The van der Waals surface area contributed by atoms with Gasteiger partial charge < -0.3 is 5.73 Å². The first-order chi connectivity index (χ1) is 9.16. The van der Waals surface area contributed by atoms with Crippen LogP contribution < -0.4 is 5.73 Å². The molecule has 0 saturated heterocycles. The molecule has 94 valence electrons. The van der Waals surface area contributed by atoms with Crippen molar-refractivity contribution < 1.29 is 4.79 Å². The maximum absolute atomic E-state index is 11.4. The molecule has 0 unspecified atom stereocenters. The van der Waals surface area contributed by atoms with Crippen LogP contribution >= 0.6 is 0 Å². The van der Waals surface area contributed by atoms with Gasteiger partial charge in [-0.05, 0) is 17.7 Å². The Morgan fingerprint density at radius 1 is 1.16 bits per heavy atom. The molecular weight excluding hydrogens is 238 g/mol. The molecule has 4 heteroatoms. The molecule has 3 aromatic rings. The van der Waals surface area contributed by atoms with Gasteiger partial charge in [0.05, 0.1) is 0 Å². The summed E-state index contributed by atoms with van der Waals surface area (Å²) in [6.45, 7) is 1.50. The Labute approximate surface area is 110 Å². The molecule has 0 aliphatic rings. The first-order valence-corrected chi connectivity index (χ1v) is 6.01. The van der Waals surface area contributed by atoms with E-state index in [1.54, 1.807) is 10.6 Å². The molecule has 0 aliphatic carbocycles. The zero-order chi connectivity index (χ0) is 13.4.